The first kappa shape index (κ1) is 9.17. The Morgan fingerprint density at radius 2 is 2.43 bits per heavy atom. The Balaban J connectivity index is 2.28. The highest BCUT2D eigenvalue weighted by atomic mass is 32.2. The molecule has 2 nitrogen and oxygen atoms in total. The molecule has 0 aliphatic heterocycles. The van der Waals surface area contributed by atoms with Gasteiger partial charge in [0.15, 0.2) is 5.16 Å². The van der Waals surface area contributed by atoms with Gasteiger partial charge >= 0.3 is 0 Å². The molecule has 0 aliphatic carbocycles. The van der Waals surface area contributed by atoms with Gasteiger partial charge in [-0.3, -0.25) is 4.40 Å². The third kappa shape index (κ3) is 1.75. The normalized spacial score (nSPS) is 9.79. The van der Waals surface area contributed by atoms with Crippen molar-refractivity contribution < 1.29 is 0 Å². The molecule has 70 valence electrons. The van der Waals surface area contributed by atoms with E-state index in [2.05, 4.69) is 21.2 Å². The monoisotopic (exact) mass is 202 g/mol. The maximum atomic E-state index is 4.33. The van der Waals surface area contributed by atoms with Crippen molar-refractivity contribution in [3.05, 3.63) is 30.6 Å². The summed E-state index contributed by atoms with van der Waals surface area (Å²) in [5, 5.41) is 1.00. The van der Waals surface area contributed by atoms with Gasteiger partial charge in [0.25, 0.3) is 0 Å². The van der Waals surface area contributed by atoms with E-state index in [1.165, 1.54) is 0 Å². The standard InChI is InChI=1S/C11H10N2S/c1-2-3-8-14-11-12-9-10-6-4-5-7-13(10)11/h4-7,9H,8H2,1H3. The Morgan fingerprint density at radius 1 is 1.50 bits per heavy atom. The van der Waals surface area contributed by atoms with Gasteiger partial charge in [0, 0.05) is 6.20 Å². The molecule has 2 rings (SSSR count). The Morgan fingerprint density at radius 3 is 3.29 bits per heavy atom. The Kier molecular flexibility index (Phi) is 2.76. The van der Waals surface area contributed by atoms with E-state index < -0.39 is 0 Å². The molecule has 0 atom stereocenters. The van der Waals surface area contributed by atoms with Gasteiger partial charge in [-0.05, 0) is 19.1 Å². The van der Waals surface area contributed by atoms with E-state index in [0.717, 1.165) is 16.4 Å². The molecule has 0 saturated carbocycles. The number of thioether (sulfide) groups is 1. The number of fused-ring (bicyclic) bond motifs is 1. The van der Waals surface area contributed by atoms with Crippen molar-refractivity contribution >= 4 is 17.3 Å². The van der Waals surface area contributed by atoms with E-state index in [1.54, 1.807) is 11.8 Å². The third-order valence-corrected chi connectivity index (χ3v) is 2.70. The van der Waals surface area contributed by atoms with E-state index >= 15 is 0 Å². The number of hydrogen-bond acceptors (Lipinski definition) is 2. The zero-order valence-electron chi connectivity index (χ0n) is 7.90. The van der Waals surface area contributed by atoms with Crippen LogP contribution in [0.25, 0.3) is 5.52 Å². The maximum absolute atomic E-state index is 4.33. The summed E-state index contributed by atoms with van der Waals surface area (Å²) in [4.78, 5) is 4.33. The van der Waals surface area contributed by atoms with Crippen molar-refractivity contribution in [3.8, 4) is 11.8 Å². The maximum Gasteiger partial charge on any atom is 0.173 e. The quantitative estimate of drug-likeness (QED) is 0.549. The fourth-order valence-corrected chi connectivity index (χ4v) is 1.98. The van der Waals surface area contributed by atoms with Crippen molar-refractivity contribution in [1.29, 1.82) is 0 Å². The predicted octanol–water partition coefficient (Wildman–Crippen LogP) is 2.45. The van der Waals surface area contributed by atoms with E-state index in [0.29, 0.717) is 0 Å². The van der Waals surface area contributed by atoms with Crippen LogP contribution >= 0.6 is 11.8 Å². The highest BCUT2D eigenvalue weighted by molar-refractivity contribution is 7.99. The van der Waals surface area contributed by atoms with Crippen LogP contribution in [0.3, 0.4) is 0 Å². The predicted molar refractivity (Wildman–Crippen MR) is 59.4 cm³/mol. The second-order valence-corrected chi connectivity index (χ2v) is 3.69. The van der Waals surface area contributed by atoms with Gasteiger partial charge < -0.3 is 0 Å². The van der Waals surface area contributed by atoms with Gasteiger partial charge in [0.1, 0.15) is 0 Å². The summed E-state index contributed by atoms with van der Waals surface area (Å²) in [6, 6.07) is 6.06. The Bertz CT molecular complexity index is 490. The van der Waals surface area contributed by atoms with Gasteiger partial charge in [-0.2, -0.15) is 0 Å². The minimum atomic E-state index is 0.796. The molecule has 0 bridgehead atoms. The average Bonchev–Trinajstić information content (AvgIpc) is 2.63. The lowest BCUT2D eigenvalue weighted by Crippen LogP contribution is -1.86. The second kappa shape index (κ2) is 4.21. The summed E-state index contributed by atoms with van der Waals surface area (Å²) in [6.45, 7) is 1.85. The lowest BCUT2D eigenvalue weighted by atomic mass is 10.4. The van der Waals surface area contributed by atoms with E-state index in [-0.39, 0.29) is 0 Å². The fourth-order valence-electron chi connectivity index (χ4n) is 1.20. The summed E-state index contributed by atoms with van der Waals surface area (Å²) in [6.07, 6.45) is 3.89. The van der Waals surface area contributed by atoms with Crippen LogP contribution in [-0.4, -0.2) is 15.1 Å². The minimum absolute atomic E-state index is 0.796. The third-order valence-electron chi connectivity index (χ3n) is 1.85. The molecule has 0 unspecified atom stereocenters. The zero-order valence-corrected chi connectivity index (χ0v) is 8.71. The summed E-state index contributed by atoms with van der Waals surface area (Å²) in [5.41, 5.74) is 1.12. The molecule has 0 amide bonds. The molecule has 3 heteroatoms. The van der Waals surface area contributed by atoms with Crippen molar-refractivity contribution in [1.82, 2.24) is 9.38 Å². The van der Waals surface area contributed by atoms with Crippen molar-refractivity contribution in [2.75, 3.05) is 5.75 Å². The number of hydrogen-bond donors (Lipinski definition) is 0. The van der Waals surface area contributed by atoms with Gasteiger partial charge in [-0.25, -0.2) is 4.98 Å². The molecule has 2 aromatic heterocycles. The van der Waals surface area contributed by atoms with Crippen molar-refractivity contribution in [3.63, 3.8) is 0 Å². The molecule has 0 aliphatic rings. The molecule has 0 fully saturated rings. The molecule has 0 aromatic carbocycles. The van der Waals surface area contributed by atoms with Crippen LogP contribution in [0.4, 0.5) is 0 Å². The second-order valence-electron chi connectivity index (χ2n) is 2.75. The van der Waals surface area contributed by atoms with Crippen LogP contribution in [0.15, 0.2) is 35.7 Å². The van der Waals surface area contributed by atoms with Gasteiger partial charge in [-0.15, -0.1) is 5.92 Å². The van der Waals surface area contributed by atoms with Gasteiger partial charge in [0.05, 0.1) is 17.5 Å². The molecule has 0 N–H and O–H groups in total. The molecule has 2 heterocycles. The first-order valence-corrected chi connectivity index (χ1v) is 5.35. The molecule has 0 spiro atoms. The largest absolute Gasteiger partial charge is 0.295 e. The topological polar surface area (TPSA) is 17.3 Å². The molecule has 0 saturated heterocycles. The molecule has 0 radical (unpaired) electrons. The van der Waals surface area contributed by atoms with Crippen LogP contribution in [0.5, 0.6) is 0 Å². The van der Waals surface area contributed by atoms with E-state index in [9.17, 15) is 0 Å². The lowest BCUT2D eigenvalue weighted by Gasteiger charge is -1.96. The Labute approximate surface area is 87.4 Å². The number of nitrogens with zero attached hydrogens (tertiary/aromatic N) is 2. The van der Waals surface area contributed by atoms with Crippen LogP contribution in [0, 0.1) is 11.8 Å². The molecule has 2 aromatic rings. The van der Waals surface area contributed by atoms with Crippen LogP contribution in [-0.2, 0) is 0 Å². The summed E-state index contributed by atoms with van der Waals surface area (Å²) < 4.78 is 2.07. The smallest absolute Gasteiger partial charge is 0.173 e. The molecule has 14 heavy (non-hydrogen) atoms. The van der Waals surface area contributed by atoms with Gasteiger partial charge in [-0.1, -0.05) is 23.7 Å². The van der Waals surface area contributed by atoms with Crippen molar-refractivity contribution in [2.45, 2.75) is 12.1 Å². The molecular weight excluding hydrogens is 192 g/mol. The SMILES string of the molecule is CC#CCSc1ncc2ccccn12. The highest BCUT2D eigenvalue weighted by Crippen LogP contribution is 2.17. The number of pyridine rings is 1. The van der Waals surface area contributed by atoms with E-state index in [1.807, 2.05) is 37.5 Å². The number of rotatable bonds is 2. The summed E-state index contributed by atoms with van der Waals surface area (Å²) in [7, 11) is 0. The van der Waals surface area contributed by atoms with Crippen LogP contribution < -0.4 is 0 Å². The molecular formula is C11H10N2S. The number of imidazole rings is 1. The summed E-state index contributed by atoms with van der Waals surface area (Å²) >= 11 is 1.66. The van der Waals surface area contributed by atoms with Crippen LogP contribution in [0.1, 0.15) is 6.92 Å². The first-order chi connectivity index (χ1) is 6.92. The van der Waals surface area contributed by atoms with Crippen molar-refractivity contribution in [2.24, 2.45) is 0 Å². The van der Waals surface area contributed by atoms with Crippen LogP contribution in [0.2, 0.25) is 0 Å². The lowest BCUT2D eigenvalue weighted by molar-refractivity contribution is 0.960. The zero-order chi connectivity index (χ0) is 9.80. The fraction of sp³-hybridized carbons (Fsp3) is 0.182. The number of aromatic nitrogens is 2. The minimum Gasteiger partial charge on any atom is -0.295 e. The van der Waals surface area contributed by atoms with E-state index in [4.69, 9.17) is 0 Å². The average molecular weight is 202 g/mol. The summed E-state index contributed by atoms with van der Waals surface area (Å²) in [5.74, 6) is 6.68. The highest BCUT2D eigenvalue weighted by Gasteiger charge is 2.00. The Hall–Kier alpha value is -1.40. The first-order valence-electron chi connectivity index (χ1n) is 4.36. The van der Waals surface area contributed by atoms with Gasteiger partial charge in [0.2, 0.25) is 0 Å².